The Kier molecular flexibility index (Phi) is 8.96. The first-order valence-electron chi connectivity index (χ1n) is 7.44. The monoisotopic (exact) mass is 294 g/mol. The van der Waals surface area contributed by atoms with Crippen LogP contribution < -0.4 is 10.6 Å². The number of carbonyl (C=O) groups is 1. The maximum absolute atomic E-state index is 11.7. The van der Waals surface area contributed by atoms with Gasteiger partial charge < -0.3 is 10.6 Å². The molecule has 2 N–H and O–H groups in total. The number of hydrogen-bond acceptors (Lipinski definition) is 2. The van der Waals surface area contributed by atoms with Crippen LogP contribution in [0.3, 0.4) is 0 Å². The molecule has 3 nitrogen and oxygen atoms in total. The number of thioether (sulfide) groups is 1. The minimum atomic E-state index is -0.0531. The van der Waals surface area contributed by atoms with Crippen LogP contribution in [0.15, 0.2) is 35.2 Å². The summed E-state index contributed by atoms with van der Waals surface area (Å²) in [5, 5.41) is 5.88. The largest absolute Gasteiger partial charge is 0.337 e. The molecule has 4 heteroatoms. The standard InChI is InChI=1S/C16H26N2OS/c1-3-4-6-9-14(2)18-16(19)17-12-13-20-15-10-7-5-8-11-15/h5,7-8,10-11,14H,3-4,6,9,12-13H2,1-2H3,(H2,17,18,19). The second-order valence-electron chi connectivity index (χ2n) is 4.96. The number of carbonyl (C=O) groups excluding carboxylic acids is 1. The summed E-state index contributed by atoms with van der Waals surface area (Å²) >= 11 is 1.76. The molecule has 0 aliphatic heterocycles. The lowest BCUT2D eigenvalue weighted by Crippen LogP contribution is -2.41. The van der Waals surface area contributed by atoms with E-state index in [2.05, 4.69) is 36.6 Å². The molecule has 1 aromatic carbocycles. The summed E-state index contributed by atoms with van der Waals surface area (Å²) in [6, 6.07) is 10.4. The van der Waals surface area contributed by atoms with Crippen molar-refractivity contribution in [2.45, 2.75) is 50.5 Å². The van der Waals surface area contributed by atoms with Gasteiger partial charge in [-0.1, -0.05) is 44.4 Å². The fourth-order valence-corrected chi connectivity index (χ4v) is 2.69. The predicted molar refractivity (Wildman–Crippen MR) is 87.3 cm³/mol. The molecule has 0 heterocycles. The van der Waals surface area contributed by atoms with Gasteiger partial charge in [-0.3, -0.25) is 0 Å². The highest BCUT2D eigenvalue weighted by atomic mass is 32.2. The smallest absolute Gasteiger partial charge is 0.315 e. The molecular weight excluding hydrogens is 268 g/mol. The van der Waals surface area contributed by atoms with Gasteiger partial charge >= 0.3 is 6.03 Å². The molecule has 112 valence electrons. The number of rotatable bonds is 9. The molecule has 2 amide bonds. The Hall–Kier alpha value is -1.16. The Labute approximate surface area is 126 Å². The Morgan fingerprint density at radius 3 is 2.70 bits per heavy atom. The van der Waals surface area contributed by atoms with E-state index >= 15 is 0 Å². The average molecular weight is 294 g/mol. The van der Waals surface area contributed by atoms with Crippen LogP contribution in [0, 0.1) is 0 Å². The number of amides is 2. The van der Waals surface area contributed by atoms with Crippen LogP contribution in [-0.4, -0.2) is 24.4 Å². The maximum Gasteiger partial charge on any atom is 0.315 e. The number of benzene rings is 1. The van der Waals surface area contributed by atoms with Crippen molar-refractivity contribution < 1.29 is 4.79 Å². The highest BCUT2D eigenvalue weighted by Crippen LogP contribution is 2.15. The molecule has 0 aliphatic carbocycles. The number of nitrogens with one attached hydrogen (secondary N) is 2. The van der Waals surface area contributed by atoms with Crippen LogP contribution >= 0.6 is 11.8 Å². The van der Waals surface area contributed by atoms with Crippen LogP contribution in [0.4, 0.5) is 4.79 Å². The van der Waals surface area contributed by atoms with Crippen LogP contribution in [0.5, 0.6) is 0 Å². The summed E-state index contributed by atoms with van der Waals surface area (Å²) in [5.74, 6) is 0.891. The first-order valence-corrected chi connectivity index (χ1v) is 8.43. The molecule has 1 aromatic rings. The number of urea groups is 1. The first kappa shape index (κ1) is 16.9. The molecule has 1 rings (SSSR count). The van der Waals surface area contributed by atoms with E-state index in [1.165, 1.54) is 24.2 Å². The van der Waals surface area contributed by atoms with Gasteiger partial charge in [0.2, 0.25) is 0 Å². The molecule has 0 aromatic heterocycles. The SMILES string of the molecule is CCCCCC(C)NC(=O)NCCSc1ccccc1. The molecule has 0 spiro atoms. The van der Waals surface area contributed by atoms with Gasteiger partial charge in [0.1, 0.15) is 0 Å². The van der Waals surface area contributed by atoms with Gasteiger partial charge in [0.05, 0.1) is 0 Å². The van der Waals surface area contributed by atoms with Gasteiger partial charge in [0.15, 0.2) is 0 Å². The van der Waals surface area contributed by atoms with Gasteiger partial charge in [-0.25, -0.2) is 4.79 Å². The van der Waals surface area contributed by atoms with E-state index in [9.17, 15) is 4.79 Å². The lowest BCUT2D eigenvalue weighted by Gasteiger charge is -2.14. The van der Waals surface area contributed by atoms with Gasteiger partial charge in [-0.05, 0) is 25.5 Å². The van der Waals surface area contributed by atoms with E-state index in [1.807, 2.05) is 18.2 Å². The summed E-state index contributed by atoms with van der Waals surface area (Å²) < 4.78 is 0. The normalized spacial score (nSPS) is 11.9. The van der Waals surface area contributed by atoms with Gasteiger partial charge in [0, 0.05) is 23.2 Å². The molecule has 0 saturated heterocycles. The Morgan fingerprint density at radius 2 is 2.00 bits per heavy atom. The summed E-state index contributed by atoms with van der Waals surface area (Å²) in [4.78, 5) is 12.9. The fraction of sp³-hybridized carbons (Fsp3) is 0.562. The number of unbranched alkanes of at least 4 members (excludes halogenated alkanes) is 2. The maximum atomic E-state index is 11.7. The van der Waals surface area contributed by atoms with E-state index in [0.29, 0.717) is 6.54 Å². The first-order chi connectivity index (χ1) is 9.72. The Morgan fingerprint density at radius 1 is 1.25 bits per heavy atom. The molecule has 0 radical (unpaired) electrons. The average Bonchev–Trinajstić information content (AvgIpc) is 2.45. The molecule has 1 atom stereocenters. The van der Waals surface area contributed by atoms with Crippen molar-refractivity contribution >= 4 is 17.8 Å². The molecule has 1 unspecified atom stereocenters. The molecule has 0 bridgehead atoms. The van der Waals surface area contributed by atoms with Crippen LogP contribution in [0.1, 0.15) is 39.5 Å². The highest BCUT2D eigenvalue weighted by Gasteiger charge is 2.05. The van der Waals surface area contributed by atoms with Crippen molar-refractivity contribution in [3.05, 3.63) is 30.3 Å². The van der Waals surface area contributed by atoms with Crippen molar-refractivity contribution in [3.8, 4) is 0 Å². The third-order valence-corrected chi connectivity index (χ3v) is 4.03. The number of hydrogen-bond donors (Lipinski definition) is 2. The summed E-state index contributed by atoms with van der Waals surface area (Å²) in [6.07, 6.45) is 4.69. The van der Waals surface area contributed by atoms with Gasteiger partial charge in [-0.15, -0.1) is 11.8 Å². The zero-order valence-electron chi connectivity index (χ0n) is 12.5. The molecule has 0 aliphatic rings. The second-order valence-corrected chi connectivity index (χ2v) is 6.13. The Balaban J connectivity index is 2.05. The minimum absolute atomic E-state index is 0.0531. The summed E-state index contributed by atoms with van der Waals surface area (Å²) in [5.41, 5.74) is 0. The lowest BCUT2D eigenvalue weighted by atomic mass is 10.1. The van der Waals surface area contributed by atoms with Crippen molar-refractivity contribution in [2.24, 2.45) is 0 Å². The van der Waals surface area contributed by atoms with E-state index in [1.54, 1.807) is 11.8 Å². The van der Waals surface area contributed by atoms with Crippen LogP contribution in [0.25, 0.3) is 0 Å². The van der Waals surface area contributed by atoms with Crippen LogP contribution in [-0.2, 0) is 0 Å². The van der Waals surface area contributed by atoms with Crippen molar-refractivity contribution in [2.75, 3.05) is 12.3 Å². The van der Waals surface area contributed by atoms with Gasteiger partial charge in [0.25, 0.3) is 0 Å². The van der Waals surface area contributed by atoms with Crippen molar-refractivity contribution in [1.29, 1.82) is 0 Å². The van der Waals surface area contributed by atoms with E-state index in [0.717, 1.165) is 12.2 Å². The summed E-state index contributed by atoms with van der Waals surface area (Å²) in [7, 11) is 0. The van der Waals surface area contributed by atoms with Gasteiger partial charge in [-0.2, -0.15) is 0 Å². The molecule has 0 fully saturated rings. The Bertz CT molecular complexity index is 370. The highest BCUT2D eigenvalue weighted by molar-refractivity contribution is 7.99. The quantitative estimate of drug-likeness (QED) is 0.533. The fourth-order valence-electron chi connectivity index (χ4n) is 1.90. The topological polar surface area (TPSA) is 41.1 Å². The van der Waals surface area contributed by atoms with E-state index in [-0.39, 0.29) is 12.1 Å². The zero-order chi connectivity index (χ0) is 14.6. The third kappa shape index (κ3) is 8.10. The zero-order valence-corrected chi connectivity index (χ0v) is 13.3. The van der Waals surface area contributed by atoms with Crippen LogP contribution in [0.2, 0.25) is 0 Å². The predicted octanol–water partition coefficient (Wildman–Crippen LogP) is 4.05. The van der Waals surface area contributed by atoms with E-state index < -0.39 is 0 Å². The van der Waals surface area contributed by atoms with E-state index in [4.69, 9.17) is 0 Å². The molecule has 20 heavy (non-hydrogen) atoms. The second kappa shape index (κ2) is 10.6. The van der Waals surface area contributed by atoms with Crippen molar-refractivity contribution in [1.82, 2.24) is 10.6 Å². The summed E-state index contributed by atoms with van der Waals surface area (Å²) in [6.45, 7) is 4.94. The molecule has 0 saturated carbocycles. The minimum Gasteiger partial charge on any atom is -0.337 e. The van der Waals surface area contributed by atoms with Crippen molar-refractivity contribution in [3.63, 3.8) is 0 Å². The third-order valence-electron chi connectivity index (χ3n) is 3.02. The lowest BCUT2D eigenvalue weighted by molar-refractivity contribution is 0.237. The molecular formula is C16H26N2OS.